The summed E-state index contributed by atoms with van der Waals surface area (Å²) in [5.74, 6) is 4.94. The lowest BCUT2D eigenvalue weighted by molar-refractivity contribution is 0.219. The van der Waals surface area contributed by atoms with Gasteiger partial charge in [0.15, 0.2) is 23.0 Å². The molecule has 236 valence electrons. The minimum absolute atomic E-state index is 0.0345. The van der Waals surface area contributed by atoms with Crippen molar-refractivity contribution in [2.45, 2.75) is 44.7 Å². The van der Waals surface area contributed by atoms with Crippen molar-refractivity contribution >= 4 is 0 Å². The molecule has 7 nitrogen and oxygen atoms in total. The Labute approximate surface area is 267 Å². The average molecular weight is 609 g/mol. The molecule has 0 aromatic heterocycles. The van der Waals surface area contributed by atoms with Crippen molar-refractivity contribution < 1.29 is 23.7 Å². The molecule has 0 amide bonds. The number of nitrogens with zero attached hydrogens (tertiary/aromatic N) is 2. The highest BCUT2D eigenvalue weighted by Gasteiger charge is 2.34. The molecule has 0 N–H and O–H groups in total. The zero-order valence-corrected chi connectivity index (χ0v) is 27.3. The van der Waals surface area contributed by atoms with Crippen molar-refractivity contribution in [3.05, 3.63) is 106 Å². The summed E-state index contributed by atoms with van der Waals surface area (Å²) in [6.45, 7) is 8.09. The third-order valence-corrected chi connectivity index (χ3v) is 9.45. The van der Waals surface area contributed by atoms with Crippen LogP contribution in [0, 0.1) is 0 Å². The molecular formula is C38H44N2O5. The third-order valence-electron chi connectivity index (χ3n) is 9.45. The average Bonchev–Trinajstić information content (AvgIpc) is 3.04. The van der Waals surface area contributed by atoms with E-state index in [1.54, 1.807) is 21.3 Å². The van der Waals surface area contributed by atoms with Crippen LogP contribution in [0.3, 0.4) is 0 Å². The second-order valence-electron chi connectivity index (χ2n) is 12.2. The van der Waals surface area contributed by atoms with Crippen LogP contribution < -0.4 is 23.7 Å². The lowest BCUT2D eigenvalue weighted by Crippen LogP contribution is -2.39. The molecule has 7 heteroatoms. The van der Waals surface area contributed by atoms with Crippen LogP contribution in [0.15, 0.2) is 84.2 Å². The second kappa shape index (κ2) is 13.0. The molecule has 4 aliphatic rings. The maximum atomic E-state index is 6.89. The van der Waals surface area contributed by atoms with Gasteiger partial charge in [-0.2, -0.15) is 0 Å². The van der Waals surface area contributed by atoms with Gasteiger partial charge in [0.2, 0.25) is 5.75 Å². The van der Waals surface area contributed by atoms with E-state index in [1.165, 1.54) is 22.3 Å². The van der Waals surface area contributed by atoms with Gasteiger partial charge in [0.1, 0.15) is 11.5 Å². The number of fused-ring (bicyclic) bond motifs is 3. The Morgan fingerprint density at radius 3 is 2.20 bits per heavy atom. The van der Waals surface area contributed by atoms with E-state index >= 15 is 0 Å². The first-order chi connectivity index (χ1) is 21.8. The highest BCUT2D eigenvalue weighted by molar-refractivity contribution is 5.62. The number of ether oxygens (including phenoxy) is 5. The number of likely N-dealkylation sites (N-methyl/N-ethyl adjacent to an activating group) is 2. The smallest absolute Gasteiger partial charge is 0.204 e. The van der Waals surface area contributed by atoms with Crippen molar-refractivity contribution in [3.63, 3.8) is 0 Å². The summed E-state index contributed by atoms with van der Waals surface area (Å²) >= 11 is 0. The van der Waals surface area contributed by atoms with Crippen LogP contribution in [0.1, 0.15) is 41.6 Å². The van der Waals surface area contributed by atoms with E-state index in [1.807, 2.05) is 31.2 Å². The van der Waals surface area contributed by atoms with E-state index < -0.39 is 0 Å². The second-order valence-corrected chi connectivity index (χ2v) is 12.2. The predicted molar refractivity (Wildman–Crippen MR) is 178 cm³/mol. The van der Waals surface area contributed by atoms with E-state index in [2.05, 4.69) is 66.9 Å². The first kappa shape index (κ1) is 30.8. The summed E-state index contributed by atoms with van der Waals surface area (Å²) < 4.78 is 30.9. The molecule has 0 radical (unpaired) electrons. The van der Waals surface area contributed by atoms with Gasteiger partial charge in [-0.1, -0.05) is 30.9 Å². The first-order valence-corrected chi connectivity index (χ1v) is 15.7. The molecule has 7 rings (SSSR count). The highest BCUT2D eigenvalue weighted by atomic mass is 16.5. The Balaban J connectivity index is 1.57. The molecule has 0 fully saturated rings. The van der Waals surface area contributed by atoms with E-state index in [0.717, 1.165) is 61.4 Å². The largest absolute Gasteiger partial charge is 0.493 e. The van der Waals surface area contributed by atoms with Crippen LogP contribution in [0.4, 0.5) is 0 Å². The Hall–Kier alpha value is -4.20. The molecule has 4 bridgehead atoms. The lowest BCUT2D eigenvalue weighted by atomic mass is 9.87. The Kier molecular flexibility index (Phi) is 8.92. The van der Waals surface area contributed by atoms with Gasteiger partial charge in [0.25, 0.3) is 0 Å². The molecule has 0 spiro atoms. The standard InChI is InChI=1S/C38H44N2O5/c1-8-27-15-17-39(3)31-20-25-9-12-29(13-10-25)45-34-22-26(11-14-33(34)41-5)21-32-36-28(16-18-40(32)4)23-35(42-6)37(43-7)38(36)44-24(2)19-30(27)31/h8-14,19,22-23,31-32H,1,15-18,20-21H2,2-7H3/b24-19+/t31-,32-/m0/s1. The zero-order valence-electron chi connectivity index (χ0n) is 27.3. The van der Waals surface area contributed by atoms with Gasteiger partial charge >= 0.3 is 0 Å². The number of allylic oxidation sites excluding steroid dienone is 2. The van der Waals surface area contributed by atoms with E-state index in [-0.39, 0.29) is 12.1 Å². The van der Waals surface area contributed by atoms with Crippen LogP contribution in [0.25, 0.3) is 0 Å². The third kappa shape index (κ3) is 6.07. The normalized spacial score (nSPS) is 21.6. The molecule has 3 aromatic carbocycles. The molecule has 3 aromatic rings. The molecule has 45 heavy (non-hydrogen) atoms. The molecule has 4 aliphatic heterocycles. The van der Waals surface area contributed by atoms with E-state index in [0.29, 0.717) is 28.7 Å². The molecule has 0 unspecified atom stereocenters. The van der Waals surface area contributed by atoms with Crippen molar-refractivity contribution in [1.29, 1.82) is 0 Å². The Bertz CT molecular complexity index is 1640. The molecule has 4 heterocycles. The Morgan fingerprint density at radius 2 is 1.49 bits per heavy atom. The van der Waals surface area contributed by atoms with Gasteiger partial charge in [0, 0.05) is 30.7 Å². The Morgan fingerprint density at radius 1 is 0.800 bits per heavy atom. The fourth-order valence-corrected chi connectivity index (χ4v) is 6.96. The summed E-state index contributed by atoms with van der Waals surface area (Å²) in [7, 11) is 9.41. The van der Waals surface area contributed by atoms with E-state index in [9.17, 15) is 0 Å². The highest BCUT2D eigenvalue weighted by Crippen LogP contribution is 2.49. The molecule has 0 saturated carbocycles. The van der Waals surface area contributed by atoms with Crippen molar-refractivity contribution in [2.75, 3.05) is 48.5 Å². The molecular weight excluding hydrogens is 564 g/mol. The van der Waals surface area contributed by atoms with Gasteiger partial charge in [0.05, 0.1) is 21.3 Å². The molecule has 0 saturated heterocycles. The molecule has 2 atom stereocenters. The van der Waals surface area contributed by atoms with E-state index in [4.69, 9.17) is 23.7 Å². The maximum Gasteiger partial charge on any atom is 0.204 e. The zero-order chi connectivity index (χ0) is 31.7. The van der Waals surface area contributed by atoms with Crippen LogP contribution in [0.5, 0.6) is 34.5 Å². The molecule has 0 aliphatic carbocycles. The monoisotopic (exact) mass is 608 g/mol. The number of rotatable bonds is 4. The van der Waals surface area contributed by atoms with Gasteiger partial charge in [-0.25, -0.2) is 0 Å². The summed E-state index contributed by atoms with van der Waals surface area (Å²) in [4.78, 5) is 4.82. The maximum absolute atomic E-state index is 6.89. The predicted octanol–water partition coefficient (Wildman–Crippen LogP) is 7.30. The summed E-state index contributed by atoms with van der Waals surface area (Å²) in [5.41, 5.74) is 7.16. The van der Waals surface area contributed by atoms with Crippen molar-refractivity contribution in [2.24, 2.45) is 0 Å². The van der Waals surface area contributed by atoms with Gasteiger partial charge < -0.3 is 23.7 Å². The summed E-state index contributed by atoms with van der Waals surface area (Å²) in [6, 6.07) is 16.9. The van der Waals surface area contributed by atoms with Crippen LogP contribution in [0.2, 0.25) is 0 Å². The van der Waals surface area contributed by atoms with Crippen molar-refractivity contribution in [1.82, 2.24) is 9.80 Å². The summed E-state index contributed by atoms with van der Waals surface area (Å²) in [5, 5.41) is 0. The van der Waals surface area contributed by atoms with Crippen LogP contribution in [-0.4, -0.2) is 64.4 Å². The number of benzene rings is 3. The van der Waals surface area contributed by atoms with Gasteiger partial charge in [-0.15, -0.1) is 0 Å². The number of methoxy groups -OCH3 is 3. The first-order valence-electron chi connectivity index (χ1n) is 15.7. The van der Waals surface area contributed by atoms with Gasteiger partial charge in [-0.3, -0.25) is 9.80 Å². The minimum Gasteiger partial charge on any atom is -0.493 e. The minimum atomic E-state index is 0.0345. The quantitative estimate of drug-likeness (QED) is 0.308. The summed E-state index contributed by atoms with van der Waals surface area (Å²) in [6.07, 6.45) is 7.61. The van der Waals surface area contributed by atoms with Crippen molar-refractivity contribution in [3.8, 4) is 34.5 Å². The fraction of sp³-hybridized carbons (Fsp3) is 0.368. The number of hydrogen-bond donors (Lipinski definition) is 0. The number of hydrogen-bond acceptors (Lipinski definition) is 7. The lowest BCUT2D eigenvalue weighted by Gasteiger charge is -2.37. The topological polar surface area (TPSA) is 52.6 Å². The van der Waals surface area contributed by atoms with Gasteiger partial charge in [-0.05, 0) is 111 Å². The SMILES string of the molecule is C=CC1=C2/C=C(\C)Oc3c(OC)c(OC)cc4c3[C@H](Cc3ccc(OC)c(c3)Oc3ccc(cc3)C[C@@H]2N(C)CC1)N(C)CC4. The van der Waals surface area contributed by atoms with Crippen LogP contribution in [-0.2, 0) is 19.3 Å². The fourth-order valence-electron chi connectivity index (χ4n) is 6.96. The van der Waals surface area contributed by atoms with Crippen LogP contribution >= 0.6 is 0 Å².